The number of hydrogen-bond donors (Lipinski definition) is 0. The summed E-state index contributed by atoms with van der Waals surface area (Å²) in [6.07, 6.45) is 3.92. The highest BCUT2D eigenvalue weighted by Crippen LogP contribution is 2.15. The Kier molecular flexibility index (Phi) is 0.270. The lowest BCUT2D eigenvalue weighted by Crippen LogP contribution is -1.85. The van der Waals surface area contributed by atoms with Crippen molar-refractivity contribution in [2.24, 2.45) is 0 Å². The Hall–Kier alpha value is 0. The molecule has 1 aliphatic rings. The maximum Gasteiger partial charge on any atom is 0.0267 e. The molecule has 0 atom stereocenters. The van der Waals surface area contributed by atoms with E-state index in [1.54, 1.807) is 0 Å². The third-order valence-electron chi connectivity index (χ3n) is 0.816. The lowest BCUT2D eigenvalue weighted by Gasteiger charge is -2.05. The van der Waals surface area contributed by atoms with Crippen molar-refractivity contribution in [2.45, 2.75) is 25.7 Å². The fourth-order valence-corrected chi connectivity index (χ4v) is 0.204. The molecule has 0 aromatic rings. The molecule has 0 bridgehead atoms. The van der Waals surface area contributed by atoms with Gasteiger partial charge in [-0.3, -0.25) is 0 Å². The molecule has 0 radical (unpaired) electrons. The van der Waals surface area contributed by atoms with E-state index in [9.17, 15) is 0 Å². The smallest absolute Gasteiger partial charge is 0.0267 e. The van der Waals surface area contributed by atoms with Crippen LogP contribution < -0.4 is 0 Å². The standard InChI is InChI=1S/C4H8/c1-2-4-3-1/h1-4H2/i1T. The molecule has 0 heteroatoms. The van der Waals surface area contributed by atoms with Gasteiger partial charge in [-0.2, -0.15) is 0 Å². The van der Waals surface area contributed by atoms with E-state index >= 15 is 0 Å². The molecular formula is C4H8. The third kappa shape index (κ3) is 0.125. The maximum absolute atomic E-state index is 6.91. The van der Waals surface area contributed by atoms with Crippen molar-refractivity contribution >= 4 is 0 Å². The van der Waals surface area contributed by atoms with Crippen LogP contribution in [0.25, 0.3) is 0 Å². The van der Waals surface area contributed by atoms with Gasteiger partial charge in [0.25, 0.3) is 0 Å². The van der Waals surface area contributed by atoms with Crippen LogP contribution in [0, 0.1) is 0 Å². The van der Waals surface area contributed by atoms with Crippen molar-refractivity contribution in [3.05, 3.63) is 0 Å². The predicted octanol–water partition coefficient (Wildman–Crippen LogP) is 1.56. The highest BCUT2D eigenvalue weighted by Gasteiger charge is 1.95. The van der Waals surface area contributed by atoms with Crippen molar-refractivity contribution in [3.63, 3.8) is 0 Å². The fraction of sp³-hybridized carbons (Fsp3) is 1.00. The zero-order valence-corrected chi connectivity index (χ0v) is 2.70. The van der Waals surface area contributed by atoms with E-state index in [-0.39, 0.29) is 0 Å². The molecule has 1 saturated carbocycles. The van der Waals surface area contributed by atoms with Gasteiger partial charge in [0.15, 0.2) is 0 Å². The Morgan fingerprint density at radius 3 is 1.75 bits per heavy atom. The molecule has 0 aromatic heterocycles. The topological polar surface area (TPSA) is 0 Å². The summed E-state index contributed by atoms with van der Waals surface area (Å²) >= 11 is 0. The first-order chi connectivity index (χ1) is 2.39. The first-order valence-electron chi connectivity index (χ1n) is 2.39. The van der Waals surface area contributed by atoms with E-state index < -0.39 is 0 Å². The highest BCUT2D eigenvalue weighted by molar-refractivity contribution is 4.50. The van der Waals surface area contributed by atoms with Crippen molar-refractivity contribution in [1.82, 2.24) is 0 Å². The minimum Gasteiger partial charge on any atom is -0.0533 e. The molecule has 1 aliphatic carbocycles. The molecule has 0 saturated heterocycles. The van der Waals surface area contributed by atoms with Gasteiger partial charge in [-0.1, -0.05) is 25.7 Å². The monoisotopic (exact) mass is 58.1 g/mol. The SMILES string of the molecule is [3H]C1CCC1. The quantitative estimate of drug-likeness (QED) is 0.396. The Morgan fingerprint density at radius 2 is 1.75 bits per heavy atom. The highest BCUT2D eigenvalue weighted by atomic mass is 14.0. The largest absolute Gasteiger partial charge is 0.0533 e. The third-order valence-corrected chi connectivity index (χ3v) is 0.816. The second-order valence-corrected chi connectivity index (χ2v) is 1.22. The van der Waals surface area contributed by atoms with Crippen LogP contribution in [0.1, 0.15) is 27.0 Å². The van der Waals surface area contributed by atoms with Crippen LogP contribution in [0.5, 0.6) is 0 Å². The number of rotatable bonds is 0. The summed E-state index contributed by atoms with van der Waals surface area (Å²) in [5, 5.41) is 0. The van der Waals surface area contributed by atoms with Crippen molar-refractivity contribution < 1.29 is 1.37 Å². The average molecular weight is 58.1 g/mol. The second-order valence-electron chi connectivity index (χ2n) is 1.22. The van der Waals surface area contributed by atoms with E-state index in [1.807, 2.05) is 0 Å². The zero-order chi connectivity index (χ0) is 3.70. The Labute approximate surface area is 28.2 Å². The Morgan fingerprint density at radius 1 is 1.25 bits per heavy atom. The lowest BCUT2D eigenvalue weighted by molar-refractivity contribution is 0.504. The van der Waals surface area contributed by atoms with Gasteiger partial charge >= 0.3 is 0 Å². The molecule has 1 fully saturated rings. The molecule has 0 N–H and O–H groups in total. The molecule has 0 aromatic carbocycles. The molecule has 24 valence electrons. The van der Waals surface area contributed by atoms with Crippen LogP contribution in [-0.4, -0.2) is 0 Å². The first-order valence-corrected chi connectivity index (χ1v) is 1.82. The van der Waals surface area contributed by atoms with E-state index in [0.29, 0.717) is 6.40 Å². The van der Waals surface area contributed by atoms with Crippen LogP contribution in [-0.2, 0) is 0 Å². The first kappa shape index (κ1) is 1.44. The van der Waals surface area contributed by atoms with E-state index in [2.05, 4.69) is 0 Å². The Bertz CT molecular complexity index is 30.6. The van der Waals surface area contributed by atoms with E-state index in [1.165, 1.54) is 6.42 Å². The summed E-state index contributed by atoms with van der Waals surface area (Å²) in [7, 11) is 0. The van der Waals surface area contributed by atoms with Gasteiger partial charge in [-0.25, -0.2) is 0 Å². The fourth-order valence-electron chi connectivity index (χ4n) is 0.204. The van der Waals surface area contributed by atoms with Crippen molar-refractivity contribution in [1.29, 1.82) is 0 Å². The molecule has 0 heterocycles. The maximum atomic E-state index is 6.91. The van der Waals surface area contributed by atoms with Gasteiger partial charge in [-0.05, 0) is 0 Å². The zero-order valence-electron chi connectivity index (χ0n) is 3.70. The summed E-state index contributed by atoms with van der Waals surface area (Å²) in [6, 6.07) is 0. The molecule has 0 aliphatic heterocycles. The summed E-state index contributed by atoms with van der Waals surface area (Å²) in [4.78, 5) is 0. The molecule has 0 spiro atoms. The Balaban J connectivity index is 2.08. The normalized spacial score (nSPS) is 32.5. The van der Waals surface area contributed by atoms with Crippen LogP contribution in [0.3, 0.4) is 0 Å². The molecule has 0 nitrogen and oxygen atoms in total. The van der Waals surface area contributed by atoms with Gasteiger partial charge in [-0.15, -0.1) is 0 Å². The summed E-state index contributed by atoms with van der Waals surface area (Å²) < 4.78 is 6.91. The van der Waals surface area contributed by atoms with Crippen LogP contribution in [0.15, 0.2) is 0 Å². The van der Waals surface area contributed by atoms with Crippen LogP contribution >= 0.6 is 0 Å². The predicted molar refractivity (Wildman–Crippen MR) is 18.5 cm³/mol. The lowest BCUT2D eigenvalue weighted by atomic mass is 10.0. The van der Waals surface area contributed by atoms with Crippen molar-refractivity contribution in [2.75, 3.05) is 0 Å². The van der Waals surface area contributed by atoms with Gasteiger partial charge in [0.1, 0.15) is 0 Å². The van der Waals surface area contributed by atoms with Crippen LogP contribution in [0.2, 0.25) is 0 Å². The molecule has 0 unspecified atom stereocenters. The van der Waals surface area contributed by atoms with Crippen LogP contribution in [0.4, 0.5) is 0 Å². The van der Waals surface area contributed by atoms with Gasteiger partial charge in [0.05, 0.1) is 0 Å². The van der Waals surface area contributed by atoms with Crippen molar-refractivity contribution in [3.8, 4) is 0 Å². The van der Waals surface area contributed by atoms with Gasteiger partial charge < -0.3 is 0 Å². The molecule has 1 rings (SSSR count). The molecular weight excluding hydrogens is 48.0 g/mol. The summed E-state index contributed by atoms with van der Waals surface area (Å²) in [5.41, 5.74) is 0. The minimum atomic E-state index is 0.315. The molecule has 4 heavy (non-hydrogen) atoms. The number of hydrogen-bond acceptors (Lipinski definition) is 0. The van der Waals surface area contributed by atoms with E-state index in [0.717, 1.165) is 12.8 Å². The average Bonchev–Trinajstić information content (AvgIpc) is 1.30. The van der Waals surface area contributed by atoms with Gasteiger partial charge in [0, 0.05) is 1.37 Å². The summed E-state index contributed by atoms with van der Waals surface area (Å²) in [5.74, 6) is 0. The minimum absolute atomic E-state index is 0.315. The van der Waals surface area contributed by atoms with Gasteiger partial charge in [0.2, 0.25) is 0 Å². The van der Waals surface area contributed by atoms with E-state index in [4.69, 9.17) is 1.37 Å². The second kappa shape index (κ2) is 0.750. The summed E-state index contributed by atoms with van der Waals surface area (Å²) in [6.45, 7) is 0. The molecule has 0 amide bonds.